The van der Waals surface area contributed by atoms with Crippen LogP contribution in [0.25, 0.3) is 0 Å². The fourth-order valence-electron chi connectivity index (χ4n) is 4.23. The van der Waals surface area contributed by atoms with Gasteiger partial charge in [0.25, 0.3) is 0 Å². The van der Waals surface area contributed by atoms with E-state index < -0.39 is 12.1 Å². The fraction of sp³-hybridized carbons (Fsp3) is 0.579. The Morgan fingerprint density at radius 3 is 2.28 bits per heavy atom. The number of carbonyl (C=O) groups excluding carboxylic acids is 1. The highest BCUT2D eigenvalue weighted by atomic mass is 16.4. The average Bonchev–Trinajstić information content (AvgIpc) is 3.41. The fourth-order valence-corrected chi connectivity index (χ4v) is 4.23. The largest absolute Gasteiger partial charge is 0.465 e. The molecule has 3 fully saturated rings. The van der Waals surface area contributed by atoms with Crippen LogP contribution in [-0.4, -0.2) is 65.7 Å². The lowest BCUT2D eigenvalue weighted by Crippen LogP contribution is -2.58. The second-order valence-corrected chi connectivity index (χ2v) is 7.61. The summed E-state index contributed by atoms with van der Waals surface area (Å²) in [5.74, 6) is -0.00869. The van der Waals surface area contributed by atoms with Crippen LogP contribution >= 0.6 is 0 Å². The lowest BCUT2D eigenvalue weighted by Gasteiger charge is -2.42. The van der Waals surface area contributed by atoms with Crippen molar-refractivity contribution in [3.63, 3.8) is 0 Å². The van der Waals surface area contributed by atoms with E-state index in [2.05, 4.69) is 17.0 Å². The average molecular weight is 343 g/mol. The molecule has 2 aliphatic heterocycles. The summed E-state index contributed by atoms with van der Waals surface area (Å²) in [7, 11) is 0. The molecule has 1 unspecified atom stereocenters. The van der Waals surface area contributed by atoms with E-state index in [1.807, 2.05) is 23.1 Å². The molecule has 2 heterocycles. The predicted molar refractivity (Wildman–Crippen MR) is 94.7 cm³/mol. The first-order valence-corrected chi connectivity index (χ1v) is 9.16. The Hall–Kier alpha value is -2.24. The molecular weight excluding hydrogens is 318 g/mol. The van der Waals surface area contributed by atoms with Crippen LogP contribution in [0, 0.1) is 5.41 Å². The van der Waals surface area contributed by atoms with E-state index >= 15 is 0 Å². The Morgan fingerprint density at radius 2 is 1.68 bits per heavy atom. The molecular formula is C19H25N3O3. The highest BCUT2D eigenvalue weighted by Crippen LogP contribution is 2.53. The van der Waals surface area contributed by atoms with Crippen LogP contribution in [0.1, 0.15) is 25.7 Å². The summed E-state index contributed by atoms with van der Waals surface area (Å²) in [4.78, 5) is 30.1. The maximum Gasteiger partial charge on any atom is 0.407 e. The molecule has 4 rings (SSSR count). The number of anilines is 1. The van der Waals surface area contributed by atoms with Crippen LogP contribution in [0.5, 0.6) is 0 Å². The summed E-state index contributed by atoms with van der Waals surface area (Å²) >= 11 is 0. The van der Waals surface area contributed by atoms with Crippen molar-refractivity contribution < 1.29 is 14.7 Å². The molecule has 2 amide bonds. The predicted octanol–water partition coefficient (Wildman–Crippen LogP) is 2.26. The maximum absolute atomic E-state index is 12.9. The number of amides is 2. The Bertz CT molecular complexity index is 651. The number of rotatable bonds is 2. The number of nitrogens with zero attached hydrogens (tertiary/aromatic N) is 3. The molecule has 0 bridgehead atoms. The third-order valence-electron chi connectivity index (χ3n) is 6.03. The van der Waals surface area contributed by atoms with Crippen molar-refractivity contribution in [2.75, 3.05) is 37.6 Å². The van der Waals surface area contributed by atoms with Crippen molar-refractivity contribution in [2.24, 2.45) is 5.41 Å². The summed E-state index contributed by atoms with van der Waals surface area (Å²) in [6, 6.07) is 9.71. The molecule has 1 saturated carbocycles. The lowest BCUT2D eigenvalue weighted by molar-refractivity contribution is -0.138. The van der Waals surface area contributed by atoms with Gasteiger partial charge in [-0.3, -0.25) is 9.69 Å². The van der Waals surface area contributed by atoms with Gasteiger partial charge in [0, 0.05) is 38.4 Å². The summed E-state index contributed by atoms with van der Waals surface area (Å²) in [5, 5.41) is 9.55. The first-order valence-electron chi connectivity index (χ1n) is 9.16. The zero-order valence-corrected chi connectivity index (χ0v) is 14.4. The smallest absolute Gasteiger partial charge is 0.407 e. The van der Waals surface area contributed by atoms with Gasteiger partial charge in [0.15, 0.2) is 0 Å². The second-order valence-electron chi connectivity index (χ2n) is 7.61. The topological polar surface area (TPSA) is 64.1 Å². The normalized spacial score (nSPS) is 25.1. The van der Waals surface area contributed by atoms with Gasteiger partial charge in [0.05, 0.1) is 0 Å². The number of piperazine rings is 1. The van der Waals surface area contributed by atoms with Crippen molar-refractivity contribution in [3.8, 4) is 0 Å². The monoisotopic (exact) mass is 343 g/mol. The standard InChI is InChI=1S/C19H25N3O3/c23-17(16-6-7-19(8-9-19)14-22(16)18(24)25)21-12-10-20(11-13-21)15-4-2-1-3-5-15/h1-5,16H,6-14H2,(H,24,25). The molecule has 0 aromatic heterocycles. The summed E-state index contributed by atoms with van der Waals surface area (Å²) < 4.78 is 0. The molecule has 1 aromatic rings. The highest BCUT2D eigenvalue weighted by Gasteiger charge is 2.51. The van der Waals surface area contributed by atoms with Gasteiger partial charge in [0.2, 0.25) is 5.91 Å². The Labute approximate surface area is 148 Å². The van der Waals surface area contributed by atoms with E-state index in [-0.39, 0.29) is 11.3 Å². The maximum atomic E-state index is 12.9. The molecule has 134 valence electrons. The van der Waals surface area contributed by atoms with Gasteiger partial charge in [-0.15, -0.1) is 0 Å². The van der Waals surface area contributed by atoms with E-state index in [9.17, 15) is 14.7 Å². The van der Waals surface area contributed by atoms with E-state index in [4.69, 9.17) is 0 Å². The minimum absolute atomic E-state index is 0.00869. The van der Waals surface area contributed by atoms with Crippen LogP contribution in [0.2, 0.25) is 0 Å². The van der Waals surface area contributed by atoms with E-state index in [1.54, 1.807) is 0 Å². The molecule has 6 heteroatoms. The van der Waals surface area contributed by atoms with Crippen LogP contribution in [-0.2, 0) is 4.79 Å². The van der Waals surface area contributed by atoms with E-state index in [0.717, 1.165) is 32.4 Å². The van der Waals surface area contributed by atoms with Gasteiger partial charge in [-0.05, 0) is 43.2 Å². The summed E-state index contributed by atoms with van der Waals surface area (Å²) in [6.45, 7) is 3.42. The minimum Gasteiger partial charge on any atom is -0.465 e. The molecule has 6 nitrogen and oxygen atoms in total. The Morgan fingerprint density at radius 1 is 1.00 bits per heavy atom. The molecule has 1 aliphatic carbocycles. The Kier molecular flexibility index (Phi) is 4.06. The van der Waals surface area contributed by atoms with Gasteiger partial charge in [0.1, 0.15) is 6.04 Å². The third-order valence-corrected chi connectivity index (χ3v) is 6.03. The molecule has 1 spiro atoms. The first-order chi connectivity index (χ1) is 12.1. The molecule has 1 aromatic carbocycles. The van der Waals surface area contributed by atoms with Crippen molar-refractivity contribution in [3.05, 3.63) is 30.3 Å². The summed E-state index contributed by atoms with van der Waals surface area (Å²) in [6.07, 6.45) is 2.91. The quantitative estimate of drug-likeness (QED) is 0.895. The van der Waals surface area contributed by atoms with Crippen molar-refractivity contribution in [1.82, 2.24) is 9.80 Å². The van der Waals surface area contributed by atoms with E-state index in [0.29, 0.717) is 26.1 Å². The number of para-hydroxylation sites is 1. The number of hydrogen-bond acceptors (Lipinski definition) is 3. The van der Waals surface area contributed by atoms with Gasteiger partial charge in [-0.25, -0.2) is 4.79 Å². The minimum atomic E-state index is -0.952. The molecule has 1 N–H and O–H groups in total. The number of likely N-dealkylation sites (tertiary alicyclic amines) is 1. The zero-order chi connectivity index (χ0) is 17.4. The number of carbonyl (C=O) groups is 2. The highest BCUT2D eigenvalue weighted by molar-refractivity contribution is 5.86. The molecule has 2 saturated heterocycles. The van der Waals surface area contributed by atoms with Gasteiger partial charge in [-0.1, -0.05) is 18.2 Å². The van der Waals surface area contributed by atoms with Gasteiger partial charge < -0.3 is 14.9 Å². The van der Waals surface area contributed by atoms with Crippen LogP contribution in [0.4, 0.5) is 10.5 Å². The molecule has 25 heavy (non-hydrogen) atoms. The van der Waals surface area contributed by atoms with Crippen LogP contribution in [0.3, 0.4) is 0 Å². The number of carboxylic acid groups (broad SMARTS) is 1. The van der Waals surface area contributed by atoms with E-state index in [1.165, 1.54) is 10.6 Å². The number of piperidine rings is 1. The summed E-state index contributed by atoms with van der Waals surface area (Å²) in [5.41, 5.74) is 1.36. The van der Waals surface area contributed by atoms with Crippen LogP contribution in [0.15, 0.2) is 30.3 Å². The lowest BCUT2D eigenvalue weighted by atomic mass is 9.89. The molecule has 0 radical (unpaired) electrons. The second kappa shape index (κ2) is 6.24. The van der Waals surface area contributed by atoms with Crippen LogP contribution < -0.4 is 4.90 Å². The van der Waals surface area contributed by atoms with Crippen molar-refractivity contribution in [2.45, 2.75) is 31.7 Å². The van der Waals surface area contributed by atoms with Crippen molar-refractivity contribution in [1.29, 1.82) is 0 Å². The SMILES string of the molecule is O=C(C1CCC2(CC2)CN1C(=O)O)N1CCN(c2ccccc2)CC1. The Balaban J connectivity index is 1.39. The number of benzene rings is 1. The molecule has 3 aliphatic rings. The van der Waals surface area contributed by atoms with Gasteiger partial charge >= 0.3 is 6.09 Å². The first kappa shape index (κ1) is 16.2. The van der Waals surface area contributed by atoms with Crippen molar-refractivity contribution >= 4 is 17.7 Å². The molecule has 1 atom stereocenters. The van der Waals surface area contributed by atoms with Gasteiger partial charge in [-0.2, -0.15) is 0 Å². The zero-order valence-electron chi connectivity index (χ0n) is 14.4. The third kappa shape index (κ3) is 3.17. The number of hydrogen-bond donors (Lipinski definition) is 1.